The highest BCUT2D eigenvalue weighted by atomic mass is 33.1. The quantitative estimate of drug-likeness (QED) is 0.166. The van der Waals surface area contributed by atoms with E-state index in [0.29, 0.717) is 23.2 Å². The molecule has 0 radical (unpaired) electrons. The summed E-state index contributed by atoms with van der Waals surface area (Å²) in [5.74, 6) is 0.978. The van der Waals surface area contributed by atoms with Gasteiger partial charge in [-0.3, -0.25) is 0 Å². The molecule has 0 aromatic heterocycles. The van der Waals surface area contributed by atoms with E-state index in [1.165, 1.54) is 20.3 Å². The molecular weight excluding hydrogens is 645 g/mol. The Labute approximate surface area is 282 Å². The summed E-state index contributed by atoms with van der Waals surface area (Å²) in [4.78, 5) is 0. The second-order valence-corrected chi connectivity index (χ2v) is 15.1. The Bertz CT molecular complexity index is 1610. The van der Waals surface area contributed by atoms with Crippen molar-refractivity contribution in [2.45, 2.75) is 56.1 Å². The SMILES string of the molecule is COc1cc([C@@H]2Oc3cc(OCCO)c4c5c3[C@H](CSSCC[C@@H](C)CC[C@@H](c3cc(O)ccc3-4)[C@H]5CO)[C@H]2O)c(O)c(OC)c1O. The summed E-state index contributed by atoms with van der Waals surface area (Å²) in [5, 5.41) is 65.6. The maximum atomic E-state index is 12.2. The van der Waals surface area contributed by atoms with E-state index < -0.39 is 24.0 Å². The van der Waals surface area contributed by atoms with Gasteiger partial charge in [-0.1, -0.05) is 41.0 Å². The molecular formula is C35H42O10S2. The van der Waals surface area contributed by atoms with Gasteiger partial charge in [0.25, 0.3) is 0 Å². The zero-order valence-corrected chi connectivity index (χ0v) is 28.3. The van der Waals surface area contributed by atoms with E-state index in [0.717, 1.165) is 52.8 Å². The summed E-state index contributed by atoms with van der Waals surface area (Å²) in [5.41, 5.74) is 4.31. The molecule has 3 aromatic rings. The highest BCUT2D eigenvalue weighted by Gasteiger charge is 2.47. The van der Waals surface area contributed by atoms with Crippen LogP contribution in [0.25, 0.3) is 11.1 Å². The van der Waals surface area contributed by atoms with E-state index in [9.17, 15) is 30.6 Å². The van der Waals surface area contributed by atoms with Crippen molar-refractivity contribution >= 4 is 21.6 Å². The summed E-state index contributed by atoms with van der Waals surface area (Å²) in [6.45, 7) is 1.85. The Kier molecular flexibility index (Phi) is 10.1. The van der Waals surface area contributed by atoms with E-state index in [1.807, 2.05) is 6.07 Å². The fraction of sp³-hybridized carbons (Fsp3) is 0.486. The van der Waals surface area contributed by atoms with Crippen molar-refractivity contribution in [3.8, 4) is 51.4 Å². The van der Waals surface area contributed by atoms with Gasteiger partial charge in [0.15, 0.2) is 17.6 Å². The van der Waals surface area contributed by atoms with Crippen molar-refractivity contribution in [2.24, 2.45) is 5.92 Å². The molecule has 12 heteroatoms. The standard InChI is InChI=1S/C35H42O10S2/c1-17-4-6-19-21-12-18(38)5-7-20(21)28-25(44-10-9-36)14-26-29(30(28)23(19)15-37)24(16-47-46-11-8-17)32(40)34(45-26)22-13-27(42-2)33(41)35(43-3)31(22)39/h5,7,12-14,17,19,23-24,32,34,36-41H,4,6,8-11,15-16H2,1-3H3/t17-,19-,23+,24-,32+,34-/m0/s1. The van der Waals surface area contributed by atoms with Crippen molar-refractivity contribution < 1.29 is 49.6 Å². The highest BCUT2D eigenvalue weighted by Crippen LogP contribution is 2.60. The first-order chi connectivity index (χ1) is 22.7. The number of aliphatic hydroxyl groups is 3. The molecule has 0 amide bonds. The number of phenolic OH excluding ortho intramolecular Hbond substituents is 3. The van der Waals surface area contributed by atoms with Crippen LogP contribution in [0.1, 0.15) is 72.3 Å². The van der Waals surface area contributed by atoms with Crippen LogP contribution in [0.4, 0.5) is 0 Å². The van der Waals surface area contributed by atoms with Crippen LogP contribution in [0.5, 0.6) is 40.2 Å². The minimum atomic E-state index is -1.16. The van der Waals surface area contributed by atoms with Crippen LogP contribution in [0.3, 0.4) is 0 Å². The molecule has 0 unspecified atom stereocenters. The molecule has 2 aliphatic heterocycles. The lowest BCUT2D eigenvalue weighted by atomic mass is 9.66. The van der Waals surface area contributed by atoms with Gasteiger partial charge >= 0.3 is 0 Å². The third-order valence-corrected chi connectivity index (χ3v) is 12.2. The Morgan fingerprint density at radius 2 is 1.68 bits per heavy atom. The summed E-state index contributed by atoms with van der Waals surface area (Å²) in [6.07, 6.45) is 0.500. The molecule has 47 heavy (non-hydrogen) atoms. The van der Waals surface area contributed by atoms with Gasteiger partial charge in [-0.2, -0.15) is 0 Å². The number of rotatable bonds is 7. The number of methoxy groups -OCH3 is 2. The average molecular weight is 687 g/mol. The number of fused-ring (bicyclic) bond motifs is 4. The normalized spacial score (nSPS) is 25.3. The van der Waals surface area contributed by atoms with Gasteiger partial charge in [-0.25, -0.2) is 0 Å². The molecule has 254 valence electrons. The molecule has 6 rings (SSSR count). The van der Waals surface area contributed by atoms with Crippen molar-refractivity contribution in [3.05, 3.63) is 52.6 Å². The van der Waals surface area contributed by atoms with Crippen LogP contribution in [-0.2, 0) is 0 Å². The maximum absolute atomic E-state index is 12.2. The zero-order valence-electron chi connectivity index (χ0n) is 26.6. The Morgan fingerprint density at radius 1 is 0.872 bits per heavy atom. The molecule has 2 bridgehead atoms. The zero-order chi connectivity index (χ0) is 33.4. The molecule has 3 aromatic carbocycles. The summed E-state index contributed by atoms with van der Waals surface area (Å²) < 4.78 is 23.5. The second kappa shape index (κ2) is 14.1. The van der Waals surface area contributed by atoms with Gasteiger partial charge in [-0.15, -0.1) is 0 Å². The lowest BCUT2D eigenvalue weighted by molar-refractivity contribution is 0.00263. The number of benzene rings is 3. The van der Waals surface area contributed by atoms with Crippen LogP contribution in [0.2, 0.25) is 0 Å². The molecule has 3 aliphatic rings. The van der Waals surface area contributed by atoms with Crippen molar-refractivity contribution in [3.63, 3.8) is 0 Å². The van der Waals surface area contributed by atoms with Crippen molar-refractivity contribution in [1.29, 1.82) is 0 Å². The Morgan fingerprint density at radius 3 is 2.40 bits per heavy atom. The Hall–Kier alpha value is -3.16. The van der Waals surface area contributed by atoms with E-state index in [4.69, 9.17) is 18.9 Å². The van der Waals surface area contributed by atoms with Crippen LogP contribution >= 0.6 is 21.6 Å². The lowest BCUT2D eigenvalue weighted by Gasteiger charge is -2.43. The fourth-order valence-corrected chi connectivity index (χ4v) is 10.0. The lowest BCUT2D eigenvalue weighted by Crippen LogP contribution is -2.37. The van der Waals surface area contributed by atoms with E-state index in [1.54, 1.807) is 39.8 Å². The van der Waals surface area contributed by atoms with Crippen molar-refractivity contribution in [1.82, 2.24) is 0 Å². The molecule has 0 saturated carbocycles. The van der Waals surface area contributed by atoms with Gasteiger partial charge in [-0.05, 0) is 59.6 Å². The number of hydrogen-bond donors (Lipinski definition) is 6. The number of hydrogen-bond acceptors (Lipinski definition) is 12. The van der Waals surface area contributed by atoms with E-state index >= 15 is 0 Å². The third kappa shape index (κ3) is 6.03. The molecule has 0 spiro atoms. The monoisotopic (exact) mass is 686 g/mol. The minimum Gasteiger partial charge on any atom is -0.508 e. The summed E-state index contributed by atoms with van der Waals surface area (Å²) in [6, 6.07) is 8.49. The van der Waals surface area contributed by atoms with E-state index in [2.05, 4.69) is 6.92 Å². The predicted octanol–water partition coefficient (Wildman–Crippen LogP) is 5.81. The molecule has 2 heterocycles. The third-order valence-electron chi connectivity index (χ3n) is 9.74. The molecule has 0 saturated heterocycles. The maximum Gasteiger partial charge on any atom is 0.207 e. The average Bonchev–Trinajstić information content (AvgIpc) is 3.07. The molecule has 0 fully saturated rings. The first-order valence-corrected chi connectivity index (χ1v) is 18.4. The largest absolute Gasteiger partial charge is 0.508 e. The van der Waals surface area contributed by atoms with E-state index in [-0.39, 0.29) is 60.0 Å². The van der Waals surface area contributed by atoms with Crippen molar-refractivity contribution in [2.75, 3.05) is 45.5 Å². The van der Waals surface area contributed by atoms with Gasteiger partial charge in [0, 0.05) is 46.1 Å². The molecule has 6 N–H and O–H groups in total. The second-order valence-electron chi connectivity index (χ2n) is 12.4. The number of ether oxygens (including phenoxy) is 4. The first kappa shape index (κ1) is 33.7. The van der Waals surface area contributed by atoms with Crippen LogP contribution in [0, 0.1) is 5.92 Å². The summed E-state index contributed by atoms with van der Waals surface area (Å²) in [7, 11) is 6.12. The van der Waals surface area contributed by atoms with Gasteiger partial charge in [0.2, 0.25) is 11.5 Å². The molecule has 10 nitrogen and oxygen atoms in total. The highest BCUT2D eigenvalue weighted by molar-refractivity contribution is 8.76. The Balaban J connectivity index is 1.63. The summed E-state index contributed by atoms with van der Waals surface area (Å²) >= 11 is 0. The smallest absolute Gasteiger partial charge is 0.207 e. The van der Waals surface area contributed by atoms with Gasteiger partial charge < -0.3 is 49.6 Å². The minimum absolute atomic E-state index is 0.0124. The molecule has 1 aliphatic carbocycles. The number of aromatic hydroxyl groups is 3. The fourth-order valence-electron chi connectivity index (χ4n) is 7.41. The number of phenols is 3. The van der Waals surface area contributed by atoms with Crippen LogP contribution < -0.4 is 18.9 Å². The van der Waals surface area contributed by atoms with Crippen LogP contribution in [0.15, 0.2) is 30.3 Å². The predicted molar refractivity (Wildman–Crippen MR) is 182 cm³/mol. The first-order valence-electron chi connectivity index (χ1n) is 15.9. The van der Waals surface area contributed by atoms with Crippen LogP contribution in [-0.4, -0.2) is 82.3 Å². The number of aliphatic hydroxyl groups excluding tert-OH is 3. The molecule has 6 atom stereocenters. The van der Waals surface area contributed by atoms with Gasteiger partial charge in [0.1, 0.15) is 30.0 Å². The van der Waals surface area contributed by atoms with Gasteiger partial charge in [0.05, 0.1) is 27.4 Å². The topological polar surface area (TPSA) is 158 Å².